The first-order chi connectivity index (χ1) is 6.63. The van der Waals surface area contributed by atoms with Gasteiger partial charge in [-0.1, -0.05) is 12.2 Å². The third-order valence-corrected chi connectivity index (χ3v) is 3.21. The van der Waals surface area contributed by atoms with Crippen LogP contribution >= 0.6 is 11.8 Å². The van der Waals surface area contributed by atoms with E-state index < -0.39 is 6.10 Å². The zero-order valence-electron chi connectivity index (χ0n) is 8.73. The van der Waals surface area contributed by atoms with Crippen LogP contribution < -0.4 is 0 Å². The van der Waals surface area contributed by atoms with E-state index in [4.69, 9.17) is 0 Å². The van der Waals surface area contributed by atoms with E-state index in [-0.39, 0.29) is 6.04 Å². The summed E-state index contributed by atoms with van der Waals surface area (Å²) < 4.78 is 0. The maximum absolute atomic E-state index is 9.65. The summed E-state index contributed by atoms with van der Waals surface area (Å²) in [6.45, 7) is 7.58. The summed E-state index contributed by atoms with van der Waals surface area (Å²) in [5.41, 5.74) is 0.994. The van der Waals surface area contributed by atoms with Gasteiger partial charge in [-0.15, -0.1) is 18.3 Å². The summed E-state index contributed by atoms with van der Waals surface area (Å²) >= 11 is 1.78. The normalized spacial score (nSPS) is 24.6. The maximum Gasteiger partial charge on any atom is 0.0786 e. The van der Waals surface area contributed by atoms with Crippen LogP contribution in [-0.4, -0.2) is 28.0 Å². The van der Waals surface area contributed by atoms with Crippen LogP contribution in [0.5, 0.6) is 0 Å². The van der Waals surface area contributed by atoms with Crippen LogP contribution in [0.3, 0.4) is 0 Å². The molecule has 0 fully saturated rings. The largest absolute Gasteiger partial charge is 0.388 e. The van der Waals surface area contributed by atoms with E-state index in [0.29, 0.717) is 6.42 Å². The van der Waals surface area contributed by atoms with E-state index in [1.54, 1.807) is 17.8 Å². The molecule has 1 aliphatic rings. The topological polar surface area (TPSA) is 32.6 Å². The number of aliphatic hydroxyl groups is 1. The fourth-order valence-electron chi connectivity index (χ4n) is 1.36. The molecule has 2 atom stereocenters. The number of hydrogen-bond acceptors (Lipinski definition) is 3. The van der Waals surface area contributed by atoms with Gasteiger partial charge in [-0.05, 0) is 25.8 Å². The molecule has 0 aromatic carbocycles. The smallest absolute Gasteiger partial charge is 0.0786 e. The molecule has 0 radical (unpaired) electrons. The van der Waals surface area contributed by atoms with Gasteiger partial charge in [-0.25, -0.2) is 0 Å². The Hall–Kier alpha value is -0.540. The van der Waals surface area contributed by atoms with Crippen molar-refractivity contribution in [2.75, 3.05) is 5.75 Å². The van der Waals surface area contributed by atoms with Crippen molar-refractivity contribution in [3.8, 4) is 0 Å². The van der Waals surface area contributed by atoms with E-state index in [0.717, 1.165) is 16.4 Å². The molecule has 0 aromatic rings. The van der Waals surface area contributed by atoms with Gasteiger partial charge in [0.05, 0.1) is 17.2 Å². The van der Waals surface area contributed by atoms with Crippen LogP contribution in [-0.2, 0) is 0 Å². The van der Waals surface area contributed by atoms with Crippen molar-refractivity contribution >= 4 is 16.8 Å². The molecule has 0 amide bonds. The summed E-state index contributed by atoms with van der Waals surface area (Å²) in [5.74, 6) is 1.00. The minimum absolute atomic E-state index is 0.250. The van der Waals surface area contributed by atoms with Crippen LogP contribution in [0.15, 0.2) is 29.3 Å². The van der Waals surface area contributed by atoms with Gasteiger partial charge in [0, 0.05) is 5.75 Å². The Kier molecular flexibility index (Phi) is 4.42. The first-order valence-electron chi connectivity index (χ1n) is 4.78. The monoisotopic (exact) mass is 211 g/mol. The molecule has 2 nitrogen and oxygen atoms in total. The average Bonchev–Trinajstić information content (AvgIpc) is 2.51. The molecule has 0 bridgehead atoms. The number of aliphatic hydroxyl groups excluding tert-OH is 1. The number of aliphatic imine (C=N–C) groups is 1. The Labute approximate surface area is 89.8 Å². The van der Waals surface area contributed by atoms with Crippen LogP contribution in [0.1, 0.15) is 20.3 Å². The molecule has 0 spiro atoms. The summed E-state index contributed by atoms with van der Waals surface area (Å²) in [7, 11) is 0. The average molecular weight is 211 g/mol. The molecular formula is C11H17NOS. The van der Waals surface area contributed by atoms with E-state index in [9.17, 15) is 5.11 Å². The van der Waals surface area contributed by atoms with E-state index in [1.165, 1.54) is 0 Å². The zero-order valence-corrected chi connectivity index (χ0v) is 9.55. The minimum Gasteiger partial charge on any atom is -0.388 e. The number of rotatable bonds is 4. The molecule has 0 saturated heterocycles. The van der Waals surface area contributed by atoms with Gasteiger partial charge in [0.2, 0.25) is 0 Å². The summed E-state index contributed by atoms with van der Waals surface area (Å²) in [6.07, 6.45) is 4.01. The molecule has 1 rings (SSSR count). The molecular weight excluding hydrogens is 194 g/mol. The standard InChI is InChI=1S/C11H17NOS/c1-4-5-11(13)8(2)6-10-7-14-9(3)12-10/h4,6,10-11,13H,1,5,7H2,2-3H3/t10?,11-/m0/s1. The molecule has 0 aromatic heterocycles. The highest BCUT2D eigenvalue weighted by Gasteiger charge is 2.14. The highest BCUT2D eigenvalue weighted by Crippen LogP contribution is 2.20. The quantitative estimate of drug-likeness (QED) is 0.724. The maximum atomic E-state index is 9.65. The molecule has 14 heavy (non-hydrogen) atoms. The third kappa shape index (κ3) is 3.31. The van der Waals surface area contributed by atoms with Gasteiger partial charge in [0.1, 0.15) is 0 Å². The molecule has 1 unspecified atom stereocenters. The molecule has 3 heteroatoms. The second kappa shape index (κ2) is 5.37. The van der Waals surface area contributed by atoms with Crippen molar-refractivity contribution in [2.45, 2.75) is 32.4 Å². The lowest BCUT2D eigenvalue weighted by Gasteiger charge is -2.09. The fraction of sp³-hybridized carbons (Fsp3) is 0.545. The van der Waals surface area contributed by atoms with Crippen LogP contribution in [0.4, 0.5) is 0 Å². The molecule has 1 N–H and O–H groups in total. The number of thioether (sulfide) groups is 1. The Balaban J connectivity index is 2.54. The Bertz CT molecular complexity index is 270. The summed E-state index contributed by atoms with van der Waals surface area (Å²) in [4.78, 5) is 4.44. The van der Waals surface area contributed by atoms with Crippen molar-refractivity contribution in [3.63, 3.8) is 0 Å². The first-order valence-corrected chi connectivity index (χ1v) is 5.76. The van der Waals surface area contributed by atoms with Crippen molar-refractivity contribution < 1.29 is 5.11 Å². The molecule has 0 aliphatic carbocycles. The minimum atomic E-state index is -0.395. The Morgan fingerprint density at radius 1 is 1.86 bits per heavy atom. The molecule has 0 saturated carbocycles. The predicted octanol–water partition coefficient (Wildman–Crippen LogP) is 2.40. The van der Waals surface area contributed by atoms with E-state index >= 15 is 0 Å². The Morgan fingerprint density at radius 3 is 3.07 bits per heavy atom. The lowest BCUT2D eigenvalue weighted by molar-refractivity contribution is 0.214. The van der Waals surface area contributed by atoms with Crippen molar-refractivity contribution in [3.05, 3.63) is 24.3 Å². The van der Waals surface area contributed by atoms with Crippen LogP contribution in [0, 0.1) is 0 Å². The van der Waals surface area contributed by atoms with Gasteiger partial charge in [-0.2, -0.15) is 0 Å². The summed E-state index contributed by atoms with van der Waals surface area (Å²) in [6, 6.07) is 0.250. The first kappa shape index (κ1) is 11.5. The number of hydrogen-bond donors (Lipinski definition) is 1. The van der Waals surface area contributed by atoms with Gasteiger partial charge in [0.25, 0.3) is 0 Å². The van der Waals surface area contributed by atoms with E-state index in [2.05, 4.69) is 17.6 Å². The molecule has 78 valence electrons. The second-order valence-electron chi connectivity index (χ2n) is 3.48. The Morgan fingerprint density at radius 2 is 2.57 bits per heavy atom. The fourth-order valence-corrected chi connectivity index (χ4v) is 2.15. The second-order valence-corrected chi connectivity index (χ2v) is 4.69. The van der Waals surface area contributed by atoms with E-state index in [1.807, 2.05) is 13.8 Å². The van der Waals surface area contributed by atoms with Crippen molar-refractivity contribution in [2.24, 2.45) is 4.99 Å². The van der Waals surface area contributed by atoms with Crippen molar-refractivity contribution in [1.29, 1.82) is 0 Å². The molecule has 1 heterocycles. The number of nitrogens with zero attached hydrogens (tertiary/aromatic N) is 1. The highest BCUT2D eigenvalue weighted by atomic mass is 32.2. The van der Waals surface area contributed by atoms with Gasteiger partial charge >= 0.3 is 0 Å². The third-order valence-electron chi connectivity index (χ3n) is 2.18. The summed E-state index contributed by atoms with van der Waals surface area (Å²) in [5, 5.41) is 10.8. The lowest BCUT2D eigenvalue weighted by Crippen LogP contribution is -2.10. The van der Waals surface area contributed by atoms with Gasteiger partial charge in [-0.3, -0.25) is 4.99 Å². The van der Waals surface area contributed by atoms with Gasteiger partial charge < -0.3 is 5.11 Å². The SMILES string of the molecule is C=CC[C@H](O)C(C)=CC1CSC(C)=N1. The van der Waals surface area contributed by atoms with Crippen molar-refractivity contribution in [1.82, 2.24) is 0 Å². The highest BCUT2D eigenvalue weighted by molar-refractivity contribution is 8.14. The van der Waals surface area contributed by atoms with Crippen LogP contribution in [0.25, 0.3) is 0 Å². The predicted molar refractivity (Wildman–Crippen MR) is 63.9 cm³/mol. The van der Waals surface area contributed by atoms with Gasteiger partial charge in [0.15, 0.2) is 0 Å². The van der Waals surface area contributed by atoms with Crippen LogP contribution in [0.2, 0.25) is 0 Å². The zero-order chi connectivity index (χ0) is 10.6. The lowest BCUT2D eigenvalue weighted by atomic mass is 10.1. The molecule has 1 aliphatic heterocycles.